The molecule has 3 aromatic carbocycles. The van der Waals surface area contributed by atoms with Gasteiger partial charge in [0.05, 0.1) is 16.1 Å². The van der Waals surface area contributed by atoms with Crippen LogP contribution in [-0.4, -0.2) is 19.6 Å². The highest BCUT2D eigenvalue weighted by molar-refractivity contribution is 7.92. The number of halogens is 4. The average Bonchev–Trinajstić information content (AvgIpc) is 2.79. The van der Waals surface area contributed by atoms with Crippen LogP contribution in [0.15, 0.2) is 71.6 Å². The Morgan fingerprint density at radius 3 is 2.37 bits per heavy atom. The summed E-state index contributed by atoms with van der Waals surface area (Å²) in [7, 11) is -3.92. The van der Waals surface area contributed by atoms with Gasteiger partial charge in [0, 0.05) is 17.4 Å². The first kappa shape index (κ1) is 24.9. The predicted octanol–water partition coefficient (Wildman–Crippen LogP) is 6.18. The molecule has 0 fully saturated rings. The van der Waals surface area contributed by atoms with Gasteiger partial charge < -0.3 is 10.6 Å². The number of sulfonamides is 1. The number of benzene rings is 3. The number of hydrogen-bond donors (Lipinski definition) is 2. The van der Waals surface area contributed by atoms with E-state index in [1.807, 2.05) is 0 Å². The van der Waals surface area contributed by atoms with Crippen molar-refractivity contribution in [2.24, 2.45) is 0 Å². The van der Waals surface area contributed by atoms with Crippen molar-refractivity contribution >= 4 is 44.4 Å². The summed E-state index contributed by atoms with van der Waals surface area (Å²) in [6.07, 6.45) is -3.33. The maximum Gasteiger partial charge on any atom is 0.416 e. The van der Waals surface area contributed by atoms with Gasteiger partial charge >= 0.3 is 6.18 Å². The van der Waals surface area contributed by atoms with Crippen molar-refractivity contribution < 1.29 is 26.0 Å². The zero-order valence-corrected chi connectivity index (χ0v) is 20.1. The topological polar surface area (TPSA) is 61.4 Å². The number of rotatable bonds is 4. The Morgan fingerprint density at radius 2 is 1.69 bits per heavy atom. The lowest BCUT2D eigenvalue weighted by Crippen LogP contribution is -2.42. The summed E-state index contributed by atoms with van der Waals surface area (Å²) in [6, 6.07) is 14.2. The monoisotopic (exact) mass is 523 g/mol. The van der Waals surface area contributed by atoms with Gasteiger partial charge in [-0.3, -0.25) is 4.31 Å². The molecule has 0 aromatic heterocycles. The maximum absolute atomic E-state index is 13.7. The number of nitrogens with zero attached hydrogens (tertiary/aromatic N) is 1. The Hall–Kier alpha value is -3.18. The quantitative estimate of drug-likeness (QED) is 0.316. The van der Waals surface area contributed by atoms with Crippen LogP contribution in [0.1, 0.15) is 24.5 Å². The van der Waals surface area contributed by atoms with Gasteiger partial charge in [0.15, 0.2) is 5.11 Å². The van der Waals surface area contributed by atoms with Crippen LogP contribution >= 0.6 is 12.2 Å². The lowest BCUT2D eigenvalue weighted by molar-refractivity contribution is -0.137. The van der Waals surface area contributed by atoms with E-state index < -0.39 is 27.6 Å². The number of nitrogens with one attached hydrogen (secondary N) is 2. The van der Waals surface area contributed by atoms with Crippen LogP contribution < -0.4 is 14.9 Å². The molecule has 1 heterocycles. The van der Waals surface area contributed by atoms with Crippen LogP contribution in [-0.2, 0) is 22.6 Å². The smallest absolute Gasteiger partial charge is 0.332 e. The largest absolute Gasteiger partial charge is 0.416 e. The maximum atomic E-state index is 13.7. The molecule has 1 unspecified atom stereocenters. The third kappa shape index (κ3) is 5.40. The lowest BCUT2D eigenvalue weighted by Gasteiger charge is -2.36. The fourth-order valence-electron chi connectivity index (χ4n) is 3.95. The van der Waals surface area contributed by atoms with Crippen molar-refractivity contribution in [3.8, 4) is 0 Å². The minimum Gasteiger partial charge on any atom is -0.332 e. The highest BCUT2D eigenvalue weighted by atomic mass is 32.2. The van der Waals surface area contributed by atoms with Crippen LogP contribution in [0.3, 0.4) is 0 Å². The van der Waals surface area contributed by atoms with Crippen molar-refractivity contribution in [2.75, 3.05) is 14.9 Å². The minimum absolute atomic E-state index is 0.0422. The second kappa shape index (κ2) is 9.46. The van der Waals surface area contributed by atoms with E-state index in [9.17, 15) is 26.0 Å². The van der Waals surface area contributed by atoms with Gasteiger partial charge in [-0.2, -0.15) is 13.2 Å². The van der Waals surface area contributed by atoms with Crippen LogP contribution in [0.25, 0.3) is 0 Å². The molecule has 0 amide bonds. The number of anilines is 3. The molecule has 3 aromatic rings. The van der Waals surface area contributed by atoms with Gasteiger partial charge in [0.1, 0.15) is 5.82 Å². The Morgan fingerprint density at radius 1 is 1.00 bits per heavy atom. The summed E-state index contributed by atoms with van der Waals surface area (Å²) < 4.78 is 80.5. The molecule has 1 aliphatic rings. The number of thiocarbonyl (C=S) groups is 1. The van der Waals surface area contributed by atoms with Crippen LogP contribution in [0, 0.1) is 5.82 Å². The summed E-state index contributed by atoms with van der Waals surface area (Å²) in [5.74, 6) is -0.416. The van der Waals surface area contributed by atoms with Crippen LogP contribution in [0.4, 0.5) is 34.6 Å². The van der Waals surface area contributed by atoms with E-state index in [1.165, 1.54) is 58.9 Å². The van der Waals surface area contributed by atoms with Gasteiger partial charge in [0.25, 0.3) is 10.0 Å². The Kier molecular flexibility index (Phi) is 6.74. The number of aryl methyl sites for hydroxylation is 1. The summed E-state index contributed by atoms with van der Waals surface area (Å²) in [6.45, 7) is 1.80. The van der Waals surface area contributed by atoms with E-state index >= 15 is 0 Å². The first-order chi connectivity index (χ1) is 16.4. The van der Waals surface area contributed by atoms with Crippen molar-refractivity contribution in [2.45, 2.75) is 36.9 Å². The molecule has 1 aliphatic heterocycles. The van der Waals surface area contributed by atoms with E-state index in [0.717, 1.165) is 12.1 Å². The lowest BCUT2D eigenvalue weighted by atomic mass is 9.99. The molecule has 2 N–H and O–H groups in total. The molecule has 0 bridgehead atoms. The summed E-state index contributed by atoms with van der Waals surface area (Å²) >= 11 is 5.17. The molecule has 35 heavy (non-hydrogen) atoms. The molecule has 0 spiro atoms. The zero-order chi connectivity index (χ0) is 25.4. The van der Waals surface area contributed by atoms with E-state index in [1.54, 1.807) is 6.92 Å². The second-order valence-corrected chi connectivity index (χ2v) is 10.4. The molecular weight excluding hydrogens is 502 g/mol. The highest BCUT2D eigenvalue weighted by Crippen LogP contribution is 2.36. The van der Waals surface area contributed by atoms with Crippen LogP contribution in [0.5, 0.6) is 0 Å². The van der Waals surface area contributed by atoms with Crippen molar-refractivity contribution in [3.63, 3.8) is 0 Å². The first-order valence-corrected chi connectivity index (χ1v) is 12.5. The Labute approximate surface area is 205 Å². The summed E-state index contributed by atoms with van der Waals surface area (Å²) in [5.41, 5.74) is 0.888. The highest BCUT2D eigenvalue weighted by Gasteiger charge is 2.34. The zero-order valence-electron chi connectivity index (χ0n) is 18.4. The minimum atomic E-state index is -4.48. The standard InChI is InChI=1S/C24H21F4N3O2S2/c1-15-5-6-16-13-18(25)7-12-22(16)31(15)35(32,33)21-10-8-19(9-11-21)29-23(34)30-20-4-2-3-17(14-20)24(26,27)28/h2-4,7-15H,5-6H2,1H3,(H2,29,30,34). The summed E-state index contributed by atoms with van der Waals surface area (Å²) in [5, 5.41) is 5.55. The number of hydrogen-bond acceptors (Lipinski definition) is 3. The van der Waals surface area contributed by atoms with Gasteiger partial charge in [-0.05, 0) is 98.2 Å². The number of alkyl halides is 3. The predicted molar refractivity (Wildman–Crippen MR) is 132 cm³/mol. The molecule has 0 radical (unpaired) electrons. The van der Waals surface area contributed by atoms with E-state index in [-0.39, 0.29) is 21.7 Å². The van der Waals surface area contributed by atoms with Gasteiger partial charge in [-0.25, -0.2) is 12.8 Å². The normalized spacial score (nSPS) is 15.9. The molecule has 0 aliphatic carbocycles. The van der Waals surface area contributed by atoms with Crippen LogP contribution in [0.2, 0.25) is 0 Å². The SMILES string of the molecule is CC1CCc2cc(F)ccc2N1S(=O)(=O)c1ccc(NC(=S)Nc2cccc(C(F)(F)F)c2)cc1. The van der Waals surface area contributed by atoms with Crippen molar-refractivity contribution in [1.82, 2.24) is 0 Å². The molecule has 11 heteroatoms. The fraction of sp³-hybridized carbons (Fsp3) is 0.208. The molecule has 0 saturated heterocycles. The Balaban J connectivity index is 1.50. The van der Waals surface area contributed by atoms with Gasteiger partial charge in [-0.1, -0.05) is 6.07 Å². The molecule has 1 atom stereocenters. The molecule has 0 saturated carbocycles. The second-order valence-electron chi connectivity index (χ2n) is 8.14. The van der Waals surface area contributed by atoms with Gasteiger partial charge in [-0.15, -0.1) is 0 Å². The van der Waals surface area contributed by atoms with Gasteiger partial charge in [0.2, 0.25) is 0 Å². The average molecular weight is 524 g/mol. The van der Waals surface area contributed by atoms with E-state index in [4.69, 9.17) is 12.2 Å². The molecule has 4 rings (SSSR count). The van der Waals surface area contributed by atoms with Crippen molar-refractivity contribution in [3.05, 3.63) is 83.7 Å². The third-order valence-corrected chi connectivity index (χ3v) is 7.77. The fourth-order valence-corrected chi connectivity index (χ4v) is 5.90. The Bertz CT molecular complexity index is 1360. The van der Waals surface area contributed by atoms with E-state index in [0.29, 0.717) is 29.8 Å². The molecule has 184 valence electrons. The summed E-state index contributed by atoms with van der Waals surface area (Å²) in [4.78, 5) is 0.0452. The number of fused-ring (bicyclic) bond motifs is 1. The first-order valence-electron chi connectivity index (χ1n) is 10.6. The third-order valence-electron chi connectivity index (χ3n) is 5.63. The molecular formula is C24H21F4N3O2S2. The molecule has 5 nitrogen and oxygen atoms in total. The van der Waals surface area contributed by atoms with Crippen molar-refractivity contribution in [1.29, 1.82) is 0 Å². The van der Waals surface area contributed by atoms with E-state index in [2.05, 4.69) is 10.6 Å².